The third-order valence-corrected chi connectivity index (χ3v) is 4.57. The summed E-state index contributed by atoms with van der Waals surface area (Å²) < 4.78 is 2.25. The minimum Gasteiger partial charge on any atom is -0.292 e. The van der Waals surface area contributed by atoms with Crippen molar-refractivity contribution < 1.29 is 0 Å². The molecule has 25 heavy (non-hydrogen) atoms. The van der Waals surface area contributed by atoms with Crippen molar-refractivity contribution in [2.75, 3.05) is 0 Å². The van der Waals surface area contributed by atoms with Gasteiger partial charge in [-0.05, 0) is 35.2 Å². The van der Waals surface area contributed by atoms with E-state index >= 15 is 0 Å². The van der Waals surface area contributed by atoms with E-state index in [0.29, 0.717) is 0 Å². The second-order valence-corrected chi connectivity index (χ2v) is 7.43. The first-order valence-electron chi connectivity index (χ1n) is 8.68. The Morgan fingerprint density at radius 3 is 2.04 bits per heavy atom. The van der Waals surface area contributed by atoms with Gasteiger partial charge < -0.3 is 0 Å². The smallest absolute Gasteiger partial charge is 0.145 e. The summed E-state index contributed by atoms with van der Waals surface area (Å²) in [5.74, 6) is 0.979. The van der Waals surface area contributed by atoms with Gasteiger partial charge in [-0.25, -0.2) is 4.98 Å². The van der Waals surface area contributed by atoms with Crippen LogP contribution in [0.1, 0.15) is 26.3 Å². The monoisotopic (exact) mass is 326 g/mol. The van der Waals surface area contributed by atoms with Crippen molar-refractivity contribution in [3.63, 3.8) is 0 Å². The Morgan fingerprint density at radius 1 is 0.760 bits per heavy atom. The number of imidazole rings is 1. The van der Waals surface area contributed by atoms with Crippen LogP contribution in [0.25, 0.3) is 28.1 Å². The molecule has 0 radical (unpaired) electrons. The molecule has 0 atom stereocenters. The van der Waals surface area contributed by atoms with Gasteiger partial charge in [-0.2, -0.15) is 0 Å². The zero-order valence-electron chi connectivity index (χ0n) is 14.9. The summed E-state index contributed by atoms with van der Waals surface area (Å²) in [5.41, 5.74) is 5.84. The van der Waals surface area contributed by atoms with Crippen molar-refractivity contribution in [2.24, 2.45) is 0 Å². The molecule has 0 fully saturated rings. The fraction of sp³-hybridized carbons (Fsp3) is 0.174. The summed E-state index contributed by atoms with van der Waals surface area (Å²) in [5, 5.41) is 0. The van der Waals surface area contributed by atoms with Crippen LogP contribution in [-0.2, 0) is 5.41 Å². The predicted molar refractivity (Wildman–Crippen MR) is 105 cm³/mol. The van der Waals surface area contributed by atoms with E-state index in [1.807, 2.05) is 12.1 Å². The Balaban J connectivity index is 2.02. The first-order valence-corrected chi connectivity index (χ1v) is 8.68. The molecule has 4 rings (SSSR count). The highest BCUT2D eigenvalue weighted by atomic mass is 15.1. The van der Waals surface area contributed by atoms with E-state index < -0.39 is 0 Å². The fourth-order valence-corrected chi connectivity index (χ4v) is 3.17. The number of fused-ring (bicyclic) bond motifs is 1. The van der Waals surface area contributed by atoms with Gasteiger partial charge in [0.1, 0.15) is 5.82 Å². The Hall–Kier alpha value is -2.87. The number of aromatic nitrogens is 2. The maximum atomic E-state index is 5.00. The molecular weight excluding hydrogens is 304 g/mol. The highest BCUT2D eigenvalue weighted by Crippen LogP contribution is 2.31. The van der Waals surface area contributed by atoms with Gasteiger partial charge in [0.25, 0.3) is 0 Å². The molecule has 0 aliphatic rings. The van der Waals surface area contributed by atoms with Crippen molar-refractivity contribution in [2.45, 2.75) is 26.2 Å². The first kappa shape index (κ1) is 15.6. The maximum absolute atomic E-state index is 5.00. The summed E-state index contributed by atoms with van der Waals surface area (Å²) >= 11 is 0. The van der Waals surface area contributed by atoms with Gasteiger partial charge in [0.2, 0.25) is 0 Å². The van der Waals surface area contributed by atoms with Crippen LogP contribution in [0.2, 0.25) is 0 Å². The molecule has 0 unspecified atom stereocenters. The molecule has 124 valence electrons. The molecule has 0 aliphatic heterocycles. The summed E-state index contributed by atoms with van der Waals surface area (Å²) in [6, 6.07) is 27.5. The van der Waals surface area contributed by atoms with Crippen LogP contribution in [0.15, 0.2) is 78.9 Å². The second kappa shape index (κ2) is 5.89. The quantitative estimate of drug-likeness (QED) is 0.442. The van der Waals surface area contributed by atoms with E-state index in [2.05, 4.69) is 92.1 Å². The topological polar surface area (TPSA) is 17.8 Å². The normalized spacial score (nSPS) is 11.8. The lowest BCUT2D eigenvalue weighted by Gasteiger charge is -2.18. The molecule has 1 heterocycles. The van der Waals surface area contributed by atoms with Crippen LogP contribution >= 0.6 is 0 Å². The van der Waals surface area contributed by atoms with Crippen molar-refractivity contribution in [3.8, 4) is 17.1 Å². The van der Waals surface area contributed by atoms with Gasteiger partial charge in [-0.3, -0.25) is 4.57 Å². The molecule has 0 bridgehead atoms. The maximum Gasteiger partial charge on any atom is 0.145 e. The van der Waals surface area contributed by atoms with Crippen LogP contribution in [0.4, 0.5) is 0 Å². The first-order chi connectivity index (χ1) is 12.0. The third kappa shape index (κ3) is 2.85. The van der Waals surface area contributed by atoms with Gasteiger partial charge >= 0.3 is 0 Å². The van der Waals surface area contributed by atoms with Gasteiger partial charge in [-0.1, -0.05) is 75.4 Å². The number of benzene rings is 3. The molecule has 0 aliphatic carbocycles. The lowest BCUT2D eigenvalue weighted by Crippen LogP contribution is -2.10. The highest BCUT2D eigenvalue weighted by molar-refractivity contribution is 5.84. The Morgan fingerprint density at radius 2 is 1.40 bits per heavy atom. The van der Waals surface area contributed by atoms with Crippen molar-refractivity contribution in [1.29, 1.82) is 0 Å². The molecule has 4 aromatic rings. The Bertz CT molecular complexity index is 1010. The summed E-state index contributed by atoms with van der Waals surface area (Å²) in [6.45, 7) is 6.71. The number of rotatable bonds is 2. The molecule has 0 N–H and O–H groups in total. The van der Waals surface area contributed by atoms with E-state index in [4.69, 9.17) is 4.98 Å². The molecule has 2 heteroatoms. The number of nitrogens with zero attached hydrogens (tertiary/aromatic N) is 2. The summed E-state index contributed by atoms with van der Waals surface area (Å²) in [4.78, 5) is 5.00. The predicted octanol–water partition coefficient (Wildman–Crippen LogP) is 5.99. The number of para-hydroxylation sites is 1. The Kier molecular flexibility index (Phi) is 3.69. The summed E-state index contributed by atoms with van der Waals surface area (Å²) in [7, 11) is 0. The average molecular weight is 326 g/mol. The van der Waals surface area contributed by atoms with Gasteiger partial charge in [0, 0.05) is 11.3 Å². The van der Waals surface area contributed by atoms with E-state index in [9.17, 15) is 0 Å². The number of hydrogen-bond donors (Lipinski definition) is 0. The SMILES string of the molecule is CC(C)(C)c1ccc2c(c1)nc(-c1ccccc1)n2-c1ccccc1. The minimum absolute atomic E-state index is 0.109. The largest absolute Gasteiger partial charge is 0.292 e. The van der Waals surface area contributed by atoms with Crippen molar-refractivity contribution in [1.82, 2.24) is 9.55 Å². The van der Waals surface area contributed by atoms with Crippen molar-refractivity contribution in [3.05, 3.63) is 84.4 Å². The van der Waals surface area contributed by atoms with Gasteiger partial charge in [0.05, 0.1) is 11.0 Å². The van der Waals surface area contributed by atoms with Gasteiger partial charge in [0.15, 0.2) is 0 Å². The molecule has 0 saturated heterocycles. The molecule has 1 aromatic heterocycles. The highest BCUT2D eigenvalue weighted by Gasteiger charge is 2.18. The average Bonchev–Trinajstić information content (AvgIpc) is 3.01. The molecule has 3 aromatic carbocycles. The van der Waals surface area contributed by atoms with E-state index in [0.717, 1.165) is 28.1 Å². The van der Waals surface area contributed by atoms with Crippen LogP contribution in [-0.4, -0.2) is 9.55 Å². The van der Waals surface area contributed by atoms with Crippen LogP contribution < -0.4 is 0 Å². The molecule has 2 nitrogen and oxygen atoms in total. The second-order valence-electron chi connectivity index (χ2n) is 7.43. The van der Waals surface area contributed by atoms with E-state index in [1.54, 1.807) is 0 Å². The van der Waals surface area contributed by atoms with E-state index in [-0.39, 0.29) is 5.41 Å². The zero-order chi connectivity index (χ0) is 17.4. The third-order valence-electron chi connectivity index (χ3n) is 4.57. The lowest BCUT2D eigenvalue weighted by molar-refractivity contribution is 0.591. The Labute approximate surface area is 148 Å². The molecule has 0 amide bonds. The van der Waals surface area contributed by atoms with Crippen LogP contribution in [0.3, 0.4) is 0 Å². The standard InChI is InChI=1S/C23H22N2/c1-23(2,3)18-14-15-21-20(16-18)24-22(17-10-6-4-7-11-17)25(21)19-12-8-5-9-13-19/h4-16H,1-3H3. The van der Waals surface area contributed by atoms with Crippen LogP contribution in [0, 0.1) is 0 Å². The molecule has 0 saturated carbocycles. The molecule has 0 spiro atoms. The zero-order valence-corrected chi connectivity index (χ0v) is 14.9. The summed E-state index contributed by atoms with van der Waals surface area (Å²) in [6.07, 6.45) is 0. The van der Waals surface area contributed by atoms with E-state index in [1.165, 1.54) is 5.56 Å². The van der Waals surface area contributed by atoms with Gasteiger partial charge in [-0.15, -0.1) is 0 Å². The van der Waals surface area contributed by atoms with Crippen LogP contribution in [0.5, 0.6) is 0 Å². The lowest BCUT2D eigenvalue weighted by atomic mass is 9.87. The van der Waals surface area contributed by atoms with Crippen molar-refractivity contribution >= 4 is 11.0 Å². The number of hydrogen-bond acceptors (Lipinski definition) is 1. The fourth-order valence-electron chi connectivity index (χ4n) is 3.17. The minimum atomic E-state index is 0.109. The molecular formula is C23H22N2.